The second-order valence-corrected chi connectivity index (χ2v) is 6.47. The largest absolute Gasteiger partial charge is 0.106 e. The van der Waals surface area contributed by atoms with Crippen LogP contribution in [0.3, 0.4) is 0 Å². The van der Waals surface area contributed by atoms with Crippen LogP contribution in [0.15, 0.2) is 72.9 Å². The van der Waals surface area contributed by atoms with E-state index in [1.165, 1.54) is 16.7 Å². The summed E-state index contributed by atoms with van der Waals surface area (Å²) in [5.74, 6) is 0. The minimum atomic E-state index is 0.274. The topological polar surface area (TPSA) is 0 Å². The van der Waals surface area contributed by atoms with Gasteiger partial charge in [-0.25, -0.2) is 0 Å². The number of rotatable bonds is 4. The number of allylic oxidation sites excluding steroid dienone is 8. The van der Waals surface area contributed by atoms with Crippen LogP contribution in [0.25, 0.3) is 0 Å². The zero-order valence-electron chi connectivity index (χ0n) is 22.3. The van der Waals surface area contributed by atoms with Crippen molar-refractivity contribution in [1.29, 1.82) is 0 Å². The predicted molar refractivity (Wildman–Crippen MR) is 141 cm³/mol. The van der Waals surface area contributed by atoms with Crippen molar-refractivity contribution in [2.24, 2.45) is 5.41 Å². The summed E-state index contributed by atoms with van der Waals surface area (Å²) in [6.07, 6.45) is 9.39. The van der Waals surface area contributed by atoms with Gasteiger partial charge in [0.25, 0.3) is 0 Å². The molecule has 0 aliphatic heterocycles. The third kappa shape index (κ3) is 44.1. The van der Waals surface area contributed by atoms with Gasteiger partial charge in [-0.1, -0.05) is 123 Å². The maximum absolute atomic E-state index is 3.77. The Bertz CT molecular complexity index is 402. The highest BCUT2D eigenvalue weighted by molar-refractivity contribution is 5.25. The summed E-state index contributed by atoms with van der Waals surface area (Å²) < 4.78 is 0. The first kappa shape index (κ1) is 41.0. The Hall–Kier alpha value is -1.56. The van der Waals surface area contributed by atoms with Gasteiger partial charge in [-0.15, -0.1) is 13.2 Å². The van der Waals surface area contributed by atoms with Crippen molar-refractivity contribution >= 4 is 0 Å². The normalized spacial score (nSPS) is 9.50. The van der Waals surface area contributed by atoms with Crippen molar-refractivity contribution in [2.75, 3.05) is 0 Å². The fourth-order valence-electron chi connectivity index (χ4n) is 1.31. The zero-order chi connectivity index (χ0) is 24.3. The molecule has 0 N–H and O–H groups in total. The number of hydrogen-bond donors (Lipinski definition) is 0. The Morgan fingerprint density at radius 1 is 0.786 bits per heavy atom. The van der Waals surface area contributed by atoms with Crippen molar-refractivity contribution in [2.45, 2.75) is 103 Å². The van der Waals surface area contributed by atoms with Crippen LogP contribution in [0.5, 0.6) is 0 Å². The first-order valence-electron chi connectivity index (χ1n) is 10.8. The standard InChI is InChI=1S/C13H22.C7H12.3C2H6.C2H4/c1-7-12(8-2)10-9-11(3)13(4,5)6;1-6(2)5-7(3)4;4*1-2/h7,9-10H,1,8H2,2-6H3;5H,1H2,2-4H3;3*1-2H3;1-2H2/b11-9+,12-10+;;;;;. The lowest BCUT2D eigenvalue weighted by Crippen LogP contribution is -2.05. The van der Waals surface area contributed by atoms with Crippen LogP contribution < -0.4 is 0 Å². The molecular formula is C28H56. The molecule has 0 unspecified atom stereocenters. The van der Waals surface area contributed by atoms with Crippen LogP contribution in [0, 0.1) is 5.41 Å². The first-order chi connectivity index (χ1) is 13.0. The van der Waals surface area contributed by atoms with Gasteiger partial charge in [0.15, 0.2) is 0 Å². The lowest BCUT2D eigenvalue weighted by atomic mass is 9.87. The monoisotopic (exact) mass is 392 g/mol. The van der Waals surface area contributed by atoms with E-state index in [-0.39, 0.29) is 5.41 Å². The van der Waals surface area contributed by atoms with Crippen molar-refractivity contribution in [1.82, 2.24) is 0 Å². The molecule has 0 aromatic carbocycles. The lowest BCUT2D eigenvalue weighted by molar-refractivity contribution is 0.504. The lowest BCUT2D eigenvalue weighted by Gasteiger charge is -2.18. The van der Waals surface area contributed by atoms with E-state index in [9.17, 15) is 0 Å². The Morgan fingerprint density at radius 2 is 1.14 bits per heavy atom. The first-order valence-corrected chi connectivity index (χ1v) is 10.8. The summed E-state index contributed by atoms with van der Waals surface area (Å²) in [5.41, 5.74) is 5.41. The zero-order valence-corrected chi connectivity index (χ0v) is 22.3. The summed E-state index contributed by atoms with van der Waals surface area (Å²) in [5, 5.41) is 0. The molecule has 0 aromatic heterocycles. The molecule has 0 atom stereocenters. The highest BCUT2D eigenvalue weighted by Gasteiger charge is 2.10. The van der Waals surface area contributed by atoms with E-state index in [1.807, 2.05) is 54.5 Å². The molecule has 0 radical (unpaired) electrons. The summed E-state index contributed by atoms with van der Waals surface area (Å²) in [7, 11) is 0. The average molecular weight is 393 g/mol. The summed E-state index contributed by atoms with van der Waals surface area (Å²) in [6.45, 7) is 42.6. The van der Waals surface area contributed by atoms with Crippen LogP contribution in [-0.2, 0) is 0 Å². The quantitative estimate of drug-likeness (QED) is 0.329. The fraction of sp³-hybridized carbons (Fsp3) is 0.571. The molecule has 0 rings (SSSR count). The van der Waals surface area contributed by atoms with Gasteiger partial charge in [0.1, 0.15) is 0 Å². The van der Waals surface area contributed by atoms with Gasteiger partial charge in [-0.3, -0.25) is 0 Å². The molecule has 0 aliphatic carbocycles. The summed E-state index contributed by atoms with van der Waals surface area (Å²) in [4.78, 5) is 0. The molecule has 0 aromatic rings. The van der Waals surface area contributed by atoms with Gasteiger partial charge in [-0.05, 0) is 45.1 Å². The van der Waals surface area contributed by atoms with Gasteiger partial charge >= 0.3 is 0 Å². The average Bonchev–Trinajstić information content (AvgIpc) is 2.67. The molecule has 0 aliphatic rings. The Kier molecular flexibility index (Phi) is 48.4. The molecule has 0 fully saturated rings. The highest BCUT2D eigenvalue weighted by atomic mass is 14.2. The minimum absolute atomic E-state index is 0.274. The smallest absolute Gasteiger partial charge is 0.0173 e. The van der Waals surface area contributed by atoms with Crippen molar-refractivity contribution in [3.63, 3.8) is 0 Å². The summed E-state index contributed by atoms with van der Waals surface area (Å²) >= 11 is 0. The minimum Gasteiger partial charge on any atom is -0.106 e. The van der Waals surface area contributed by atoms with Crippen LogP contribution >= 0.6 is 0 Å². The third-order valence-electron chi connectivity index (χ3n) is 2.94. The van der Waals surface area contributed by atoms with Gasteiger partial charge < -0.3 is 0 Å². The van der Waals surface area contributed by atoms with Gasteiger partial charge in [0, 0.05) is 0 Å². The van der Waals surface area contributed by atoms with Crippen molar-refractivity contribution in [3.05, 3.63) is 72.9 Å². The van der Waals surface area contributed by atoms with Gasteiger partial charge in [-0.2, -0.15) is 0 Å². The molecular weight excluding hydrogens is 336 g/mol. The fourth-order valence-corrected chi connectivity index (χ4v) is 1.31. The van der Waals surface area contributed by atoms with Gasteiger partial charge in [0.05, 0.1) is 0 Å². The van der Waals surface area contributed by atoms with Crippen molar-refractivity contribution < 1.29 is 0 Å². The SMILES string of the molecule is C=C.C=C(C)C=C(C)C.C=C/C(=C\C=C(/C)C(C)(C)C)CC.CC.CC.CC. The molecule has 0 heterocycles. The molecule has 0 nitrogen and oxygen atoms in total. The van der Waals surface area contributed by atoms with Crippen molar-refractivity contribution in [3.8, 4) is 0 Å². The predicted octanol–water partition coefficient (Wildman–Crippen LogP) is 10.9. The molecule has 0 amide bonds. The molecule has 168 valence electrons. The van der Waals surface area contributed by atoms with E-state index in [2.05, 4.69) is 93.0 Å². The molecule has 0 heteroatoms. The van der Waals surface area contributed by atoms with E-state index in [0.29, 0.717) is 0 Å². The maximum Gasteiger partial charge on any atom is -0.0173 e. The van der Waals surface area contributed by atoms with E-state index >= 15 is 0 Å². The second kappa shape index (κ2) is 33.1. The summed E-state index contributed by atoms with van der Waals surface area (Å²) in [6, 6.07) is 0. The molecule has 28 heavy (non-hydrogen) atoms. The molecule has 0 saturated carbocycles. The Morgan fingerprint density at radius 3 is 1.29 bits per heavy atom. The third-order valence-corrected chi connectivity index (χ3v) is 2.94. The van der Waals surface area contributed by atoms with Crippen LogP contribution in [0.2, 0.25) is 0 Å². The number of hydrogen-bond acceptors (Lipinski definition) is 0. The van der Waals surface area contributed by atoms with E-state index in [1.54, 1.807) is 0 Å². The van der Waals surface area contributed by atoms with Crippen LogP contribution in [0.1, 0.15) is 103 Å². The maximum atomic E-state index is 3.77. The van der Waals surface area contributed by atoms with E-state index in [0.717, 1.165) is 12.0 Å². The molecule has 0 spiro atoms. The molecule has 0 saturated heterocycles. The highest BCUT2D eigenvalue weighted by Crippen LogP contribution is 2.24. The van der Waals surface area contributed by atoms with Crippen LogP contribution in [-0.4, -0.2) is 0 Å². The molecule has 0 bridgehead atoms. The Labute approximate surface area is 181 Å². The van der Waals surface area contributed by atoms with Crippen LogP contribution in [0.4, 0.5) is 0 Å². The second-order valence-electron chi connectivity index (χ2n) is 6.47. The Balaban J connectivity index is -0.0000000682. The van der Waals surface area contributed by atoms with Gasteiger partial charge in [0.2, 0.25) is 0 Å². The van der Waals surface area contributed by atoms with E-state index in [4.69, 9.17) is 0 Å². The van der Waals surface area contributed by atoms with E-state index < -0.39 is 0 Å².